The van der Waals surface area contributed by atoms with E-state index in [0.29, 0.717) is 5.84 Å². The van der Waals surface area contributed by atoms with Gasteiger partial charge in [-0.1, -0.05) is 15.9 Å². The number of rotatable bonds is 1. The predicted molar refractivity (Wildman–Crippen MR) is 55.5 cm³/mol. The van der Waals surface area contributed by atoms with Crippen LogP contribution in [0.3, 0.4) is 0 Å². The highest BCUT2D eigenvalue weighted by Crippen LogP contribution is 2.15. The SMILES string of the molecule is CN=C(N)c1ccc(Br)cc1C. The summed E-state index contributed by atoms with van der Waals surface area (Å²) in [4.78, 5) is 3.93. The molecule has 0 aliphatic heterocycles. The first-order valence-electron chi connectivity index (χ1n) is 3.64. The van der Waals surface area contributed by atoms with Crippen molar-refractivity contribution in [2.75, 3.05) is 7.05 Å². The van der Waals surface area contributed by atoms with Gasteiger partial charge in [0.1, 0.15) is 5.84 Å². The summed E-state index contributed by atoms with van der Waals surface area (Å²) in [5.41, 5.74) is 7.81. The number of nitrogens with zero attached hydrogens (tertiary/aromatic N) is 1. The van der Waals surface area contributed by atoms with E-state index in [0.717, 1.165) is 15.6 Å². The van der Waals surface area contributed by atoms with E-state index in [1.54, 1.807) is 7.05 Å². The van der Waals surface area contributed by atoms with Crippen LogP contribution in [0.4, 0.5) is 0 Å². The highest BCUT2D eigenvalue weighted by Gasteiger charge is 2.01. The van der Waals surface area contributed by atoms with Gasteiger partial charge in [-0.15, -0.1) is 0 Å². The minimum absolute atomic E-state index is 0.583. The average molecular weight is 227 g/mol. The molecule has 2 nitrogen and oxygen atoms in total. The van der Waals surface area contributed by atoms with Gasteiger partial charge in [-0.25, -0.2) is 0 Å². The standard InChI is InChI=1S/C9H11BrN2/c1-6-5-7(10)3-4-8(6)9(11)12-2/h3-5H,1-2H3,(H2,11,12). The summed E-state index contributed by atoms with van der Waals surface area (Å²) in [6.07, 6.45) is 0. The van der Waals surface area contributed by atoms with Crippen LogP contribution in [-0.4, -0.2) is 12.9 Å². The first-order valence-corrected chi connectivity index (χ1v) is 4.43. The zero-order chi connectivity index (χ0) is 9.14. The zero-order valence-corrected chi connectivity index (χ0v) is 8.72. The van der Waals surface area contributed by atoms with Gasteiger partial charge in [0, 0.05) is 17.1 Å². The van der Waals surface area contributed by atoms with Gasteiger partial charge in [-0.05, 0) is 30.7 Å². The smallest absolute Gasteiger partial charge is 0.125 e. The van der Waals surface area contributed by atoms with Crippen LogP contribution >= 0.6 is 15.9 Å². The van der Waals surface area contributed by atoms with E-state index in [2.05, 4.69) is 20.9 Å². The number of hydrogen-bond donors (Lipinski definition) is 1. The summed E-state index contributed by atoms with van der Waals surface area (Å²) in [7, 11) is 1.69. The van der Waals surface area contributed by atoms with Gasteiger partial charge < -0.3 is 5.73 Å². The number of aryl methyl sites for hydroxylation is 1. The van der Waals surface area contributed by atoms with E-state index in [4.69, 9.17) is 5.73 Å². The molecular formula is C9H11BrN2. The van der Waals surface area contributed by atoms with E-state index in [1.807, 2.05) is 25.1 Å². The molecule has 0 spiro atoms. The lowest BCUT2D eigenvalue weighted by molar-refractivity contribution is 1.35. The van der Waals surface area contributed by atoms with E-state index in [9.17, 15) is 0 Å². The molecule has 64 valence electrons. The number of nitrogens with two attached hydrogens (primary N) is 1. The van der Waals surface area contributed by atoms with Crippen molar-refractivity contribution < 1.29 is 0 Å². The van der Waals surface area contributed by atoms with Crippen molar-refractivity contribution in [2.45, 2.75) is 6.92 Å². The lowest BCUT2D eigenvalue weighted by Gasteiger charge is -2.04. The van der Waals surface area contributed by atoms with Gasteiger partial charge in [-0.2, -0.15) is 0 Å². The van der Waals surface area contributed by atoms with Crippen molar-refractivity contribution in [3.05, 3.63) is 33.8 Å². The fourth-order valence-corrected chi connectivity index (χ4v) is 1.51. The molecule has 0 saturated carbocycles. The minimum Gasteiger partial charge on any atom is -0.384 e. The molecule has 1 aromatic rings. The molecule has 3 heteroatoms. The highest BCUT2D eigenvalue weighted by molar-refractivity contribution is 9.10. The first-order chi connectivity index (χ1) is 5.65. The summed E-state index contributed by atoms with van der Waals surface area (Å²) in [6.45, 7) is 2.01. The van der Waals surface area contributed by atoms with Gasteiger partial charge >= 0.3 is 0 Å². The van der Waals surface area contributed by atoms with Crippen molar-refractivity contribution in [1.29, 1.82) is 0 Å². The maximum Gasteiger partial charge on any atom is 0.125 e. The molecular weight excluding hydrogens is 216 g/mol. The van der Waals surface area contributed by atoms with Gasteiger partial charge in [0.2, 0.25) is 0 Å². The topological polar surface area (TPSA) is 38.4 Å². The Morgan fingerprint density at radius 3 is 2.67 bits per heavy atom. The Hall–Kier alpha value is -0.830. The monoisotopic (exact) mass is 226 g/mol. The third-order valence-corrected chi connectivity index (χ3v) is 2.20. The molecule has 12 heavy (non-hydrogen) atoms. The van der Waals surface area contributed by atoms with Crippen molar-refractivity contribution in [2.24, 2.45) is 10.7 Å². The summed E-state index contributed by atoms with van der Waals surface area (Å²) >= 11 is 3.39. The summed E-state index contributed by atoms with van der Waals surface area (Å²) < 4.78 is 1.06. The van der Waals surface area contributed by atoms with Crippen LogP contribution in [-0.2, 0) is 0 Å². The van der Waals surface area contributed by atoms with Gasteiger partial charge in [0.05, 0.1) is 0 Å². The molecule has 0 fully saturated rings. The van der Waals surface area contributed by atoms with Crippen molar-refractivity contribution in [3.8, 4) is 0 Å². The van der Waals surface area contributed by atoms with Crippen LogP contribution in [0.2, 0.25) is 0 Å². The fraction of sp³-hybridized carbons (Fsp3) is 0.222. The largest absolute Gasteiger partial charge is 0.384 e. The Morgan fingerprint density at radius 1 is 1.50 bits per heavy atom. The summed E-state index contributed by atoms with van der Waals surface area (Å²) in [5, 5.41) is 0. The lowest BCUT2D eigenvalue weighted by Crippen LogP contribution is -2.14. The number of benzene rings is 1. The Bertz CT molecular complexity index is 318. The fourth-order valence-electron chi connectivity index (χ4n) is 1.03. The second-order valence-electron chi connectivity index (χ2n) is 2.57. The lowest BCUT2D eigenvalue weighted by atomic mass is 10.1. The van der Waals surface area contributed by atoms with Crippen LogP contribution < -0.4 is 5.73 Å². The molecule has 0 atom stereocenters. The van der Waals surface area contributed by atoms with Crippen molar-refractivity contribution >= 4 is 21.8 Å². The molecule has 2 N–H and O–H groups in total. The molecule has 1 rings (SSSR count). The molecule has 0 aromatic heterocycles. The Balaban J connectivity index is 3.18. The maximum atomic E-state index is 5.68. The number of halogens is 1. The van der Waals surface area contributed by atoms with Crippen LogP contribution in [0.25, 0.3) is 0 Å². The molecule has 1 aromatic carbocycles. The summed E-state index contributed by atoms with van der Waals surface area (Å²) in [6, 6.07) is 5.94. The van der Waals surface area contributed by atoms with E-state index in [1.165, 1.54) is 0 Å². The average Bonchev–Trinajstić information content (AvgIpc) is 2.03. The second-order valence-corrected chi connectivity index (χ2v) is 3.48. The normalized spacial score (nSPS) is 11.8. The molecule has 0 aliphatic rings. The molecule has 0 aliphatic carbocycles. The van der Waals surface area contributed by atoms with Crippen LogP contribution in [0.15, 0.2) is 27.7 Å². The Labute approximate surface area is 80.6 Å². The van der Waals surface area contributed by atoms with Crippen LogP contribution in [0.5, 0.6) is 0 Å². The number of aliphatic imine (C=N–C) groups is 1. The Kier molecular flexibility index (Phi) is 2.87. The third-order valence-electron chi connectivity index (χ3n) is 1.71. The third kappa shape index (κ3) is 1.85. The van der Waals surface area contributed by atoms with Gasteiger partial charge in [-0.3, -0.25) is 4.99 Å². The highest BCUT2D eigenvalue weighted by atomic mass is 79.9. The van der Waals surface area contributed by atoms with Gasteiger partial charge in [0.25, 0.3) is 0 Å². The van der Waals surface area contributed by atoms with Gasteiger partial charge in [0.15, 0.2) is 0 Å². The maximum absolute atomic E-state index is 5.68. The first kappa shape index (κ1) is 9.26. The van der Waals surface area contributed by atoms with E-state index >= 15 is 0 Å². The Morgan fingerprint density at radius 2 is 2.17 bits per heavy atom. The number of amidine groups is 1. The van der Waals surface area contributed by atoms with Crippen LogP contribution in [0.1, 0.15) is 11.1 Å². The zero-order valence-electron chi connectivity index (χ0n) is 7.13. The molecule has 0 bridgehead atoms. The predicted octanol–water partition coefficient (Wildman–Crippen LogP) is 2.09. The molecule has 0 saturated heterocycles. The van der Waals surface area contributed by atoms with E-state index in [-0.39, 0.29) is 0 Å². The van der Waals surface area contributed by atoms with Crippen LogP contribution in [0, 0.1) is 6.92 Å². The molecule has 0 amide bonds. The molecule has 0 unspecified atom stereocenters. The minimum atomic E-state index is 0.583. The summed E-state index contributed by atoms with van der Waals surface area (Å²) in [5.74, 6) is 0.583. The number of hydrogen-bond acceptors (Lipinski definition) is 1. The second kappa shape index (κ2) is 3.72. The van der Waals surface area contributed by atoms with Crippen molar-refractivity contribution in [1.82, 2.24) is 0 Å². The quantitative estimate of drug-likeness (QED) is 0.579. The molecule has 0 radical (unpaired) electrons. The van der Waals surface area contributed by atoms with E-state index < -0.39 is 0 Å². The molecule has 0 heterocycles. The van der Waals surface area contributed by atoms with Crippen molar-refractivity contribution in [3.63, 3.8) is 0 Å².